The third-order valence-corrected chi connectivity index (χ3v) is 8.78. The molecule has 0 saturated carbocycles. The highest BCUT2D eigenvalue weighted by Gasteiger charge is 2.36. The first-order valence-corrected chi connectivity index (χ1v) is 15.5. The van der Waals surface area contributed by atoms with Gasteiger partial charge < -0.3 is 10.1 Å². The minimum Gasteiger partial charge on any atom is -0.370 e. The van der Waals surface area contributed by atoms with Crippen molar-refractivity contribution in [3.8, 4) is 50.6 Å². The van der Waals surface area contributed by atoms with Gasteiger partial charge in [-0.05, 0) is 96.7 Å². The molecule has 4 aromatic heterocycles. The summed E-state index contributed by atoms with van der Waals surface area (Å²) in [6, 6.07) is 20.1. The minimum atomic E-state index is -0.359. The lowest BCUT2D eigenvalue weighted by atomic mass is 9.98. The van der Waals surface area contributed by atoms with Gasteiger partial charge >= 0.3 is 5.82 Å². The Morgan fingerprint density at radius 3 is 2.26 bits per heavy atom. The Kier molecular flexibility index (Phi) is 6.98. The molecular weight excluding hydrogens is 600 g/mol. The van der Waals surface area contributed by atoms with Gasteiger partial charge in [0.25, 0.3) is 5.91 Å². The number of benzene rings is 2. The van der Waals surface area contributed by atoms with Gasteiger partial charge in [0.1, 0.15) is 29.2 Å². The standard InChI is InChI=1S/C36H29F2N7O2/c1-21-18-41-36(46)35-32(33(42-44(21)35)24-3-7-27(37)8-4-24)26-13-16-40-30(17-26)45-34(25-5-9-28(38)10-6-25)31(23-11-14-39-15-12-23)29-20-47-22(2)19-43(29)45/h3-17,21-22H,18-20H2,1-2H3/p+1. The zero-order valence-corrected chi connectivity index (χ0v) is 25.7. The van der Waals surface area contributed by atoms with Gasteiger partial charge in [0.15, 0.2) is 5.69 Å². The summed E-state index contributed by atoms with van der Waals surface area (Å²) < 4.78 is 40.3. The molecule has 0 radical (unpaired) electrons. The molecule has 2 aliphatic heterocycles. The fraction of sp³-hybridized carbons (Fsp3) is 0.194. The van der Waals surface area contributed by atoms with E-state index in [4.69, 9.17) is 14.8 Å². The molecule has 11 heteroatoms. The Balaban J connectivity index is 1.41. The summed E-state index contributed by atoms with van der Waals surface area (Å²) in [5.74, 6) is -0.337. The average Bonchev–Trinajstić information content (AvgIpc) is 3.65. The van der Waals surface area contributed by atoms with Gasteiger partial charge in [-0.2, -0.15) is 5.10 Å². The van der Waals surface area contributed by atoms with Gasteiger partial charge in [0.2, 0.25) is 0 Å². The van der Waals surface area contributed by atoms with Crippen LogP contribution in [0, 0.1) is 11.6 Å². The molecule has 1 N–H and O–H groups in total. The average molecular weight is 631 g/mol. The monoisotopic (exact) mass is 630 g/mol. The molecule has 2 aliphatic rings. The summed E-state index contributed by atoms with van der Waals surface area (Å²) >= 11 is 0. The van der Waals surface area contributed by atoms with E-state index < -0.39 is 0 Å². The summed E-state index contributed by atoms with van der Waals surface area (Å²) in [4.78, 5) is 22.5. The number of ether oxygens (including phenoxy) is 1. The molecule has 2 unspecified atom stereocenters. The number of carbonyl (C=O) groups excluding carboxylic acids is 1. The van der Waals surface area contributed by atoms with E-state index in [-0.39, 0.29) is 29.7 Å². The topological polar surface area (TPSA) is 90.7 Å². The highest BCUT2D eigenvalue weighted by atomic mass is 19.1. The van der Waals surface area contributed by atoms with Crippen molar-refractivity contribution in [3.63, 3.8) is 0 Å². The summed E-state index contributed by atoms with van der Waals surface area (Å²) in [6.45, 7) is 5.37. The van der Waals surface area contributed by atoms with Gasteiger partial charge in [0, 0.05) is 41.7 Å². The van der Waals surface area contributed by atoms with E-state index in [9.17, 15) is 13.6 Å². The Morgan fingerprint density at radius 2 is 1.53 bits per heavy atom. The number of halogens is 2. The SMILES string of the molecule is CC1Cn2c(c(-c3ccncc3)c(-c3ccc(F)cc3)[n+]2-c2cc(-c3c(-c4ccc(F)cc4)nn4c3C(=O)NCC4C)ccn2)CO1. The van der Waals surface area contributed by atoms with Gasteiger partial charge in [-0.3, -0.25) is 14.5 Å². The number of nitrogens with one attached hydrogen (secondary N) is 1. The van der Waals surface area contributed by atoms with Crippen molar-refractivity contribution in [2.75, 3.05) is 6.54 Å². The molecule has 8 rings (SSSR count). The molecule has 2 aromatic carbocycles. The van der Waals surface area contributed by atoms with Crippen LogP contribution in [0.2, 0.25) is 0 Å². The van der Waals surface area contributed by atoms with Crippen LogP contribution in [-0.4, -0.2) is 43.0 Å². The highest BCUT2D eigenvalue weighted by Crippen LogP contribution is 2.39. The van der Waals surface area contributed by atoms with Gasteiger partial charge in [-0.1, -0.05) is 0 Å². The Labute approximate surface area is 269 Å². The zero-order chi connectivity index (χ0) is 32.2. The molecule has 6 aromatic rings. The van der Waals surface area contributed by atoms with Crippen LogP contribution in [0.15, 0.2) is 91.4 Å². The van der Waals surface area contributed by atoms with Crippen LogP contribution in [0.1, 0.15) is 36.1 Å². The minimum absolute atomic E-state index is 0.0753. The number of amides is 1. The lowest BCUT2D eigenvalue weighted by molar-refractivity contribution is -0.681. The summed E-state index contributed by atoms with van der Waals surface area (Å²) in [5.41, 5.74) is 7.47. The number of pyridine rings is 2. The molecule has 1 amide bonds. The zero-order valence-electron chi connectivity index (χ0n) is 25.7. The van der Waals surface area contributed by atoms with E-state index in [0.717, 1.165) is 33.6 Å². The maximum absolute atomic E-state index is 14.2. The first-order chi connectivity index (χ1) is 22.9. The van der Waals surface area contributed by atoms with E-state index in [2.05, 4.69) is 19.7 Å². The molecule has 2 atom stereocenters. The van der Waals surface area contributed by atoms with Crippen LogP contribution in [0.4, 0.5) is 8.78 Å². The van der Waals surface area contributed by atoms with Crippen LogP contribution < -0.4 is 10.00 Å². The lowest BCUT2D eigenvalue weighted by Gasteiger charge is -2.22. The summed E-state index contributed by atoms with van der Waals surface area (Å²) in [5, 5.41) is 7.89. The number of aromatic nitrogens is 6. The molecule has 6 heterocycles. The molecule has 0 aliphatic carbocycles. The van der Waals surface area contributed by atoms with Crippen LogP contribution in [-0.2, 0) is 17.9 Å². The second kappa shape index (κ2) is 11.4. The van der Waals surface area contributed by atoms with Crippen LogP contribution in [0.3, 0.4) is 0 Å². The summed E-state index contributed by atoms with van der Waals surface area (Å²) in [7, 11) is 0. The van der Waals surface area contributed by atoms with Crippen molar-refractivity contribution in [2.45, 2.75) is 39.1 Å². The number of hydrogen-bond donors (Lipinski definition) is 1. The third-order valence-electron chi connectivity index (χ3n) is 8.78. The van der Waals surface area contributed by atoms with E-state index in [0.29, 0.717) is 48.0 Å². The van der Waals surface area contributed by atoms with E-state index >= 15 is 0 Å². The Bertz CT molecular complexity index is 2140. The predicted molar refractivity (Wildman–Crippen MR) is 170 cm³/mol. The highest BCUT2D eigenvalue weighted by molar-refractivity contribution is 6.03. The molecule has 9 nitrogen and oxygen atoms in total. The van der Waals surface area contributed by atoms with Gasteiger partial charge in [-0.15, -0.1) is 4.68 Å². The summed E-state index contributed by atoms with van der Waals surface area (Å²) in [6.07, 6.45) is 5.13. The number of fused-ring (bicyclic) bond motifs is 2. The van der Waals surface area contributed by atoms with Crippen molar-refractivity contribution < 1.29 is 23.0 Å². The molecule has 47 heavy (non-hydrogen) atoms. The molecule has 0 fully saturated rings. The molecule has 234 valence electrons. The van der Waals surface area contributed by atoms with Crippen molar-refractivity contribution in [1.29, 1.82) is 0 Å². The smallest absolute Gasteiger partial charge is 0.347 e. The van der Waals surface area contributed by atoms with Crippen LogP contribution >= 0.6 is 0 Å². The first-order valence-electron chi connectivity index (χ1n) is 15.5. The lowest BCUT2D eigenvalue weighted by Crippen LogP contribution is -2.47. The van der Waals surface area contributed by atoms with Gasteiger partial charge in [0.05, 0.1) is 36.6 Å². The van der Waals surface area contributed by atoms with Crippen LogP contribution in [0.5, 0.6) is 0 Å². The molecule has 0 bridgehead atoms. The van der Waals surface area contributed by atoms with Crippen molar-refractivity contribution >= 4 is 5.91 Å². The van der Waals surface area contributed by atoms with Crippen molar-refractivity contribution in [2.24, 2.45) is 0 Å². The third kappa shape index (κ3) is 4.90. The quantitative estimate of drug-likeness (QED) is 0.239. The van der Waals surface area contributed by atoms with Crippen LogP contribution in [0.25, 0.3) is 50.6 Å². The van der Waals surface area contributed by atoms with E-state index in [1.54, 1.807) is 47.5 Å². The second-order valence-electron chi connectivity index (χ2n) is 11.9. The van der Waals surface area contributed by atoms with Crippen molar-refractivity contribution in [3.05, 3.63) is 114 Å². The Hall–Kier alpha value is -5.55. The number of hydrogen-bond acceptors (Lipinski definition) is 5. The number of rotatable bonds is 5. The molecule has 0 spiro atoms. The fourth-order valence-corrected chi connectivity index (χ4v) is 6.56. The molecular formula is C36H30F2N7O2+. The fourth-order valence-electron chi connectivity index (χ4n) is 6.56. The number of carbonyl (C=O) groups is 1. The van der Waals surface area contributed by atoms with Crippen molar-refractivity contribution in [1.82, 2.24) is 29.7 Å². The maximum Gasteiger partial charge on any atom is 0.347 e. The Morgan fingerprint density at radius 1 is 0.851 bits per heavy atom. The first kappa shape index (κ1) is 28.9. The van der Waals surface area contributed by atoms with Gasteiger partial charge in [-0.25, -0.2) is 13.5 Å². The normalized spacial score (nSPS) is 17.2. The number of nitrogens with zero attached hydrogens (tertiary/aromatic N) is 6. The predicted octanol–water partition coefficient (Wildman–Crippen LogP) is 5.92. The maximum atomic E-state index is 14.2. The van der Waals surface area contributed by atoms with E-state index in [1.807, 2.05) is 38.1 Å². The second-order valence-corrected chi connectivity index (χ2v) is 11.9. The molecule has 0 saturated heterocycles. The van der Waals surface area contributed by atoms with E-state index in [1.165, 1.54) is 24.3 Å². The largest absolute Gasteiger partial charge is 0.370 e.